The number of ether oxygens (including phenoxy) is 2. The maximum atomic E-state index is 12.5. The molecule has 4 rings (SSSR count). The van der Waals surface area contributed by atoms with Crippen LogP contribution in [0.15, 0.2) is 0 Å². The lowest BCUT2D eigenvalue weighted by atomic mass is 9.96. The molecule has 10 nitrogen and oxygen atoms in total. The minimum atomic E-state index is -3.04. The normalized spacial score (nSPS) is 35.5. The molecule has 3 saturated heterocycles. The lowest BCUT2D eigenvalue weighted by molar-refractivity contribution is -0.134. The molecule has 1 aliphatic carbocycles. The van der Waals surface area contributed by atoms with Crippen molar-refractivity contribution in [2.75, 3.05) is 31.1 Å². The number of hydrogen-bond donors (Lipinski definition) is 3. The van der Waals surface area contributed by atoms with E-state index in [0.717, 1.165) is 25.7 Å². The van der Waals surface area contributed by atoms with Gasteiger partial charge < -0.3 is 30.1 Å². The highest BCUT2D eigenvalue weighted by Gasteiger charge is 2.50. The van der Waals surface area contributed by atoms with E-state index in [1.54, 1.807) is 4.90 Å². The molecule has 3 aliphatic heterocycles. The van der Waals surface area contributed by atoms with Gasteiger partial charge >= 0.3 is 6.03 Å². The third-order valence-corrected chi connectivity index (χ3v) is 8.39. The third-order valence-electron chi connectivity index (χ3n) is 6.78. The average molecular weight is 460 g/mol. The average Bonchev–Trinajstić information content (AvgIpc) is 3.25. The van der Waals surface area contributed by atoms with Crippen molar-refractivity contribution in [3.63, 3.8) is 0 Å². The number of hydrogen-bond acceptors (Lipinski definition) is 7. The van der Waals surface area contributed by atoms with E-state index in [1.165, 1.54) is 6.42 Å². The number of rotatable bonds is 5. The summed E-state index contributed by atoms with van der Waals surface area (Å²) in [5.41, 5.74) is 0. The summed E-state index contributed by atoms with van der Waals surface area (Å²) in [6, 6.07) is -0.0307. The first-order valence-corrected chi connectivity index (χ1v) is 13.1. The smallest absolute Gasteiger partial charge is 0.315 e. The predicted molar refractivity (Wildman–Crippen MR) is 111 cm³/mol. The molecular weight excluding hydrogens is 426 g/mol. The predicted octanol–water partition coefficient (Wildman–Crippen LogP) is -0.449. The van der Waals surface area contributed by atoms with Crippen LogP contribution < -0.4 is 10.6 Å². The maximum Gasteiger partial charge on any atom is 0.315 e. The number of nitrogens with zero attached hydrogens (tertiary/aromatic N) is 1. The van der Waals surface area contributed by atoms with E-state index in [1.807, 2.05) is 0 Å². The van der Waals surface area contributed by atoms with Gasteiger partial charge in [-0.2, -0.15) is 0 Å². The highest BCUT2D eigenvalue weighted by molar-refractivity contribution is 7.91. The van der Waals surface area contributed by atoms with E-state index >= 15 is 0 Å². The Kier molecular flexibility index (Phi) is 7.04. The first kappa shape index (κ1) is 22.8. The molecule has 3 heterocycles. The van der Waals surface area contributed by atoms with Gasteiger partial charge in [-0.25, -0.2) is 13.2 Å². The lowest BCUT2D eigenvalue weighted by Gasteiger charge is -2.28. The van der Waals surface area contributed by atoms with Crippen molar-refractivity contribution < 1.29 is 32.6 Å². The van der Waals surface area contributed by atoms with Crippen LogP contribution in [0.4, 0.5) is 4.79 Å². The molecular formula is C20H33N3O7S. The molecule has 0 bridgehead atoms. The Morgan fingerprint density at radius 1 is 1.06 bits per heavy atom. The van der Waals surface area contributed by atoms with Gasteiger partial charge in [0.15, 0.2) is 9.84 Å². The number of fused-ring (bicyclic) bond motifs is 1. The maximum absolute atomic E-state index is 12.5. The molecule has 176 valence electrons. The number of carbonyl (C=O) groups excluding carboxylic acids is 2. The summed E-state index contributed by atoms with van der Waals surface area (Å²) >= 11 is 0. The Balaban J connectivity index is 1.18. The molecule has 1 saturated carbocycles. The minimum absolute atomic E-state index is 0.000340. The van der Waals surface area contributed by atoms with Crippen molar-refractivity contribution in [3.8, 4) is 0 Å². The second-order valence-corrected chi connectivity index (χ2v) is 11.4. The SMILES string of the molecule is O=C(NCC1OC2CC(CC(=O)N3CCS(=O)(=O)CC3)OC2C1O)NC1CCCCC1. The van der Waals surface area contributed by atoms with Gasteiger partial charge in [0.25, 0.3) is 0 Å². The monoisotopic (exact) mass is 459 g/mol. The Morgan fingerprint density at radius 3 is 2.45 bits per heavy atom. The van der Waals surface area contributed by atoms with Crippen LogP contribution in [0.5, 0.6) is 0 Å². The fourth-order valence-electron chi connectivity index (χ4n) is 4.97. The standard InChI is InChI=1S/C20H33N3O7S/c24-17(23-6-8-31(27,28)9-7-23)11-14-10-15-19(29-14)18(25)16(30-15)12-21-20(26)22-13-4-2-1-3-5-13/h13-16,18-19,25H,1-12H2,(H2,21,22,26). The topological polar surface area (TPSA) is 134 Å². The molecule has 31 heavy (non-hydrogen) atoms. The fraction of sp³-hybridized carbons (Fsp3) is 0.900. The van der Waals surface area contributed by atoms with Crippen LogP contribution in [-0.4, -0.2) is 98.1 Å². The van der Waals surface area contributed by atoms with Gasteiger partial charge in [0.05, 0.1) is 30.1 Å². The van der Waals surface area contributed by atoms with Crippen molar-refractivity contribution in [1.82, 2.24) is 15.5 Å². The van der Waals surface area contributed by atoms with Gasteiger partial charge in [0, 0.05) is 32.1 Å². The van der Waals surface area contributed by atoms with Crippen LogP contribution in [0, 0.1) is 0 Å². The largest absolute Gasteiger partial charge is 0.388 e. The summed E-state index contributed by atoms with van der Waals surface area (Å²) in [6.07, 6.45) is 3.51. The van der Waals surface area contributed by atoms with E-state index < -0.39 is 28.1 Å². The number of nitrogens with one attached hydrogen (secondary N) is 2. The molecule has 0 radical (unpaired) electrons. The van der Waals surface area contributed by atoms with E-state index in [2.05, 4.69) is 10.6 Å². The minimum Gasteiger partial charge on any atom is -0.388 e. The summed E-state index contributed by atoms with van der Waals surface area (Å²) in [6.45, 7) is 0.634. The van der Waals surface area contributed by atoms with Crippen LogP contribution >= 0.6 is 0 Å². The first-order valence-electron chi connectivity index (χ1n) is 11.3. The van der Waals surface area contributed by atoms with Gasteiger partial charge in [0.2, 0.25) is 5.91 Å². The molecule has 4 fully saturated rings. The Bertz CT molecular complexity index is 757. The van der Waals surface area contributed by atoms with Gasteiger partial charge in [-0.15, -0.1) is 0 Å². The number of urea groups is 1. The number of aliphatic hydroxyl groups excluding tert-OH is 1. The summed E-state index contributed by atoms with van der Waals surface area (Å²) in [5, 5.41) is 16.3. The zero-order valence-corrected chi connectivity index (χ0v) is 18.5. The molecule has 0 aromatic carbocycles. The van der Waals surface area contributed by atoms with Gasteiger partial charge in [-0.3, -0.25) is 4.79 Å². The van der Waals surface area contributed by atoms with E-state index in [0.29, 0.717) is 6.42 Å². The van der Waals surface area contributed by atoms with Crippen molar-refractivity contribution in [2.45, 2.75) is 81.5 Å². The third kappa shape index (κ3) is 5.68. The lowest BCUT2D eigenvalue weighted by Crippen LogP contribution is -2.47. The van der Waals surface area contributed by atoms with Crippen molar-refractivity contribution in [3.05, 3.63) is 0 Å². The molecule has 0 aromatic rings. The van der Waals surface area contributed by atoms with E-state index in [4.69, 9.17) is 9.47 Å². The molecule has 4 aliphatic rings. The zero-order chi connectivity index (χ0) is 22.0. The number of amides is 3. The van der Waals surface area contributed by atoms with Crippen LogP contribution in [0.1, 0.15) is 44.9 Å². The van der Waals surface area contributed by atoms with E-state index in [9.17, 15) is 23.1 Å². The van der Waals surface area contributed by atoms with Gasteiger partial charge in [0.1, 0.15) is 18.3 Å². The second kappa shape index (κ2) is 9.60. The number of aliphatic hydroxyl groups is 1. The van der Waals surface area contributed by atoms with Crippen molar-refractivity contribution in [2.24, 2.45) is 0 Å². The molecule has 3 N–H and O–H groups in total. The molecule has 5 atom stereocenters. The van der Waals surface area contributed by atoms with Gasteiger partial charge in [-0.1, -0.05) is 19.3 Å². The fourth-order valence-corrected chi connectivity index (χ4v) is 6.17. The zero-order valence-electron chi connectivity index (χ0n) is 17.7. The van der Waals surface area contributed by atoms with Crippen LogP contribution in [0.25, 0.3) is 0 Å². The summed E-state index contributed by atoms with van der Waals surface area (Å²) < 4.78 is 34.8. The number of carbonyl (C=O) groups is 2. The van der Waals surface area contributed by atoms with Gasteiger partial charge in [-0.05, 0) is 12.8 Å². The highest BCUT2D eigenvalue weighted by atomic mass is 32.2. The van der Waals surface area contributed by atoms with Crippen molar-refractivity contribution in [1.29, 1.82) is 0 Å². The van der Waals surface area contributed by atoms with Crippen LogP contribution in [0.3, 0.4) is 0 Å². The number of sulfone groups is 1. The molecule has 11 heteroatoms. The quantitative estimate of drug-likeness (QED) is 0.507. The van der Waals surface area contributed by atoms with Crippen molar-refractivity contribution >= 4 is 21.8 Å². The van der Waals surface area contributed by atoms with E-state index in [-0.39, 0.29) is 67.7 Å². The Labute approximate surface area is 182 Å². The molecule has 5 unspecified atom stereocenters. The summed E-state index contributed by atoms with van der Waals surface area (Å²) in [7, 11) is -3.04. The first-order chi connectivity index (χ1) is 14.8. The second-order valence-electron chi connectivity index (χ2n) is 9.09. The Morgan fingerprint density at radius 2 is 1.77 bits per heavy atom. The summed E-state index contributed by atoms with van der Waals surface area (Å²) in [4.78, 5) is 26.1. The Hall–Kier alpha value is -1.43. The molecule has 3 amide bonds. The molecule has 0 aromatic heterocycles. The van der Waals surface area contributed by atoms with Crippen LogP contribution in [-0.2, 0) is 24.1 Å². The molecule has 0 spiro atoms. The highest BCUT2D eigenvalue weighted by Crippen LogP contribution is 2.35. The van der Waals surface area contributed by atoms with Crippen LogP contribution in [0.2, 0.25) is 0 Å². The summed E-state index contributed by atoms with van der Waals surface area (Å²) in [5.74, 6) is -0.132.